The number of hydrogen-bond donors (Lipinski definition) is 1. The van der Waals surface area contributed by atoms with Gasteiger partial charge in [0.25, 0.3) is 0 Å². The van der Waals surface area contributed by atoms with Crippen molar-refractivity contribution in [2.75, 3.05) is 12.8 Å². The number of sulfone groups is 1. The molecular formula is C10H11F2NO2S. The van der Waals surface area contributed by atoms with E-state index in [1.54, 1.807) is 0 Å². The molecule has 88 valence electrons. The van der Waals surface area contributed by atoms with Crippen LogP contribution in [-0.4, -0.2) is 21.2 Å². The van der Waals surface area contributed by atoms with Crippen LogP contribution >= 0.6 is 0 Å². The summed E-state index contributed by atoms with van der Waals surface area (Å²) in [5, 5.41) is 0. The molecule has 0 saturated carbocycles. The maximum absolute atomic E-state index is 13.6. The zero-order valence-corrected chi connectivity index (χ0v) is 9.39. The van der Waals surface area contributed by atoms with Gasteiger partial charge in [-0.05, 0) is 12.1 Å². The first kappa shape index (κ1) is 12.8. The number of hydrogen-bond acceptors (Lipinski definition) is 3. The van der Waals surface area contributed by atoms with Crippen molar-refractivity contribution in [1.82, 2.24) is 0 Å². The van der Waals surface area contributed by atoms with Crippen LogP contribution in [0.3, 0.4) is 0 Å². The zero-order chi connectivity index (χ0) is 12.3. The summed E-state index contributed by atoms with van der Waals surface area (Å²) in [5.41, 5.74) is 5.03. The van der Waals surface area contributed by atoms with Gasteiger partial charge in [-0.1, -0.05) is 12.2 Å². The van der Waals surface area contributed by atoms with Gasteiger partial charge in [0, 0.05) is 18.4 Å². The number of nitrogens with two attached hydrogens (primary N) is 1. The summed E-state index contributed by atoms with van der Waals surface area (Å²) in [7, 11) is -3.78. The normalized spacial score (nSPS) is 12.2. The van der Waals surface area contributed by atoms with Crippen molar-refractivity contribution >= 4 is 15.9 Å². The smallest absolute Gasteiger partial charge is 0.178 e. The average Bonchev–Trinajstić information content (AvgIpc) is 2.17. The summed E-state index contributed by atoms with van der Waals surface area (Å²) >= 11 is 0. The number of benzene rings is 1. The van der Waals surface area contributed by atoms with E-state index in [0.717, 1.165) is 12.3 Å². The molecule has 0 amide bonds. The first-order valence-electron chi connectivity index (χ1n) is 4.42. The molecule has 1 aromatic rings. The molecule has 0 heterocycles. The minimum atomic E-state index is -3.78. The lowest BCUT2D eigenvalue weighted by Crippen LogP contribution is -2.03. The highest BCUT2D eigenvalue weighted by molar-refractivity contribution is 7.90. The first-order valence-corrected chi connectivity index (χ1v) is 6.31. The van der Waals surface area contributed by atoms with E-state index in [4.69, 9.17) is 5.73 Å². The van der Waals surface area contributed by atoms with Crippen LogP contribution in [0.4, 0.5) is 8.78 Å². The van der Waals surface area contributed by atoms with Crippen LogP contribution in [0, 0.1) is 11.6 Å². The van der Waals surface area contributed by atoms with Crippen LogP contribution in [0.15, 0.2) is 23.1 Å². The van der Waals surface area contributed by atoms with Crippen molar-refractivity contribution in [2.24, 2.45) is 5.73 Å². The molecule has 16 heavy (non-hydrogen) atoms. The van der Waals surface area contributed by atoms with Gasteiger partial charge in [0.1, 0.15) is 16.5 Å². The molecule has 0 fully saturated rings. The molecule has 0 aromatic heterocycles. The maximum Gasteiger partial charge on any atom is 0.178 e. The number of halogens is 2. The van der Waals surface area contributed by atoms with Crippen molar-refractivity contribution in [3.8, 4) is 0 Å². The molecule has 0 atom stereocenters. The standard InChI is InChI=1S/C10H11F2NO2S/c1-16(14,15)9-6-8(11)5-7(10(9)12)3-2-4-13/h2-3,5-6H,4,13H2,1H3/b3-2+. The predicted molar refractivity (Wildman–Crippen MR) is 57.6 cm³/mol. The third-order valence-electron chi connectivity index (χ3n) is 1.87. The fraction of sp³-hybridized carbons (Fsp3) is 0.200. The minimum Gasteiger partial charge on any atom is -0.327 e. The molecule has 6 heteroatoms. The zero-order valence-electron chi connectivity index (χ0n) is 8.57. The van der Waals surface area contributed by atoms with E-state index in [9.17, 15) is 17.2 Å². The van der Waals surface area contributed by atoms with Gasteiger partial charge >= 0.3 is 0 Å². The highest BCUT2D eigenvalue weighted by Crippen LogP contribution is 2.21. The van der Waals surface area contributed by atoms with E-state index in [2.05, 4.69) is 0 Å². The Kier molecular flexibility index (Phi) is 3.77. The molecule has 2 N–H and O–H groups in total. The third-order valence-corrected chi connectivity index (χ3v) is 2.96. The second kappa shape index (κ2) is 4.71. The molecule has 1 aromatic carbocycles. The average molecular weight is 247 g/mol. The van der Waals surface area contributed by atoms with Gasteiger partial charge in [0.15, 0.2) is 9.84 Å². The summed E-state index contributed by atoms with van der Waals surface area (Å²) in [6.07, 6.45) is 3.47. The summed E-state index contributed by atoms with van der Waals surface area (Å²) in [6.45, 7) is 0.157. The SMILES string of the molecule is CS(=O)(=O)c1cc(F)cc(/C=C/CN)c1F. The van der Waals surface area contributed by atoms with E-state index < -0.39 is 26.4 Å². The Hall–Kier alpha value is -1.27. The Bertz CT molecular complexity index is 524. The van der Waals surface area contributed by atoms with Crippen molar-refractivity contribution in [1.29, 1.82) is 0 Å². The van der Waals surface area contributed by atoms with Crippen molar-refractivity contribution < 1.29 is 17.2 Å². The third kappa shape index (κ3) is 2.86. The van der Waals surface area contributed by atoms with E-state index in [-0.39, 0.29) is 12.1 Å². The fourth-order valence-corrected chi connectivity index (χ4v) is 1.94. The Morgan fingerprint density at radius 1 is 1.38 bits per heavy atom. The fourth-order valence-electron chi connectivity index (χ4n) is 1.17. The first-order chi connectivity index (χ1) is 7.36. The van der Waals surface area contributed by atoms with E-state index in [1.165, 1.54) is 12.2 Å². The van der Waals surface area contributed by atoms with Crippen molar-refractivity contribution in [3.05, 3.63) is 35.4 Å². The highest BCUT2D eigenvalue weighted by atomic mass is 32.2. The lowest BCUT2D eigenvalue weighted by molar-refractivity contribution is 0.554. The van der Waals surface area contributed by atoms with Crippen LogP contribution in [0.2, 0.25) is 0 Å². The van der Waals surface area contributed by atoms with Gasteiger partial charge in [0.05, 0.1) is 0 Å². The summed E-state index contributed by atoms with van der Waals surface area (Å²) in [5.74, 6) is -1.77. The summed E-state index contributed by atoms with van der Waals surface area (Å²) in [6, 6.07) is 1.57. The molecule has 0 spiro atoms. The van der Waals surface area contributed by atoms with Gasteiger partial charge < -0.3 is 5.73 Å². The van der Waals surface area contributed by atoms with E-state index in [1.807, 2.05) is 0 Å². The van der Waals surface area contributed by atoms with Crippen LogP contribution in [0.1, 0.15) is 5.56 Å². The van der Waals surface area contributed by atoms with Crippen LogP contribution in [0.5, 0.6) is 0 Å². The van der Waals surface area contributed by atoms with Gasteiger partial charge in [-0.2, -0.15) is 0 Å². The van der Waals surface area contributed by atoms with Gasteiger partial charge in [0.2, 0.25) is 0 Å². The summed E-state index contributed by atoms with van der Waals surface area (Å²) in [4.78, 5) is -0.649. The number of rotatable bonds is 3. The Labute approximate surface area is 92.5 Å². The van der Waals surface area contributed by atoms with Crippen LogP contribution in [0.25, 0.3) is 6.08 Å². The molecule has 0 saturated heterocycles. The molecule has 0 aliphatic rings. The lowest BCUT2D eigenvalue weighted by atomic mass is 10.2. The monoisotopic (exact) mass is 247 g/mol. The van der Waals surface area contributed by atoms with Gasteiger partial charge in [-0.3, -0.25) is 0 Å². The molecule has 0 aliphatic carbocycles. The molecule has 0 radical (unpaired) electrons. The van der Waals surface area contributed by atoms with Crippen molar-refractivity contribution in [2.45, 2.75) is 4.90 Å². The van der Waals surface area contributed by atoms with Crippen LogP contribution in [-0.2, 0) is 9.84 Å². The molecule has 0 bridgehead atoms. The molecule has 3 nitrogen and oxygen atoms in total. The largest absolute Gasteiger partial charge is 0.327 e. The Morgan fingerprint density at radius 3 is 2.50 bits per heavy atom. The molecule has 1 rings (SSSR count). The minimum absolute atomic E-state index is 0.133. The Balaban J connectivity index is 3.44. The quantitative estimate of drug-likeness (QED) is 0.876. The highest BCUT2D eigenvalue weighted by Gasteiger charge is 2.17. The second-order valence-electron chi connectivity index (χ2n) is 3.22. The summed E-state index contributed by atoms with van der Waals surface area (Å²) < 4.78 is 49.1. The topological polar surface area (TPSA) is 60.2 Å². The molecule has 0 aliphatic heterocycles. The molecular weight excluding hydrogens is 236 g/mol. The van der Waals surface area contributed by atoms with E-state index >= 15 is 0 Å². The van der Waals surface area contributed by atoms with Gasteiger partial charge in [-0.25, -0.2) is 17.2 Å². The van der Waals surface area contributed by atoms with Gasteiger partial charge in [-0.15, -0.1) is 0 Å². The predicted octanol–water partition coefficient (Wildman–Crippen LogP) is 1.34. The second-order valence-corrected chi connectivity index (χ2v) is 5.20. The van der Waals surface area contributed by atoms with E-state index in [0.29, 0.717) is 6.07 Å². The van der Waals surface area contributed by atoms with Crippen molar-refractivity contribution in [3.63, 3.8) is 0 Å². The van der Waals surface area contributed by atoms with Crippen LogP contribution < -0.4 is 5.73 Å². The Morgan fingerprint density at radius 2 is 2.00 bits per heavy atom. The molecule has 0 unspecified atom stereocenters. The maximum atomic E-state index is 13.6. The lowest BCUT2D eigenvalue weighted by Gasteiger charge is -2.04.